The molecule has 0 radical (unpaired) electrons. The number of hydrogen-bond donors (Lipinski definition) is 1. The molecular formula is C13H8ClF4NO. The fourth-order valence-electron chi connectivity index (χ4n) is 1.64. The minimum absolute atomic E-state index is 0.0387. The molecule has 106 valence electrons. The van der Waals surface area contributed by atoms with Gasteiger partial charge in [0.2, 0.25) is 0 Å². The Balaban J connectivity index is 2.44. The van der Waals surface area contributed by atoms with Gasteiger partial charge in [0.1, 0.15) is 11.6 Å². The molecule has 0 fully saturated rings. The molecule has 0 spiro atoms. The van der Waals surface area contributed by atoms with Gasteiger partial charge in [-0.1, -0.05) is 23.7 Å². The van der Waals surface area contributed by atoms with Crippen molar-refractivity contribution < 1.29 is 22.3 Å². The predicted octanol–water partition coefficient (Wildman–Crippen LogP) is 4.63. The van der Waals surface area contributed by atoms with Crippen molar-refractivity contribution in [3.05, 3.63) is 47.2 Å². The number of halogens is 5. The van der Waals surface area contributed by atoms with Gasteiger partial charge in [0.15, 0.2) is 0 Å². The first-order valence-corrected chi connectivity index (χ1v) is 5.75. The van der Waals surface area contributed by atoms with Crippen molar-refractivity contribution in [2.45, 2.75) is 6.36 Å². The molecule has 2 N–H and O–H groups in total. The lowest BCUT2D eigenvalue weighted by Crippen LogP contribution is -2.17. The second-order valence-corrected chi connectivity index (χ2v) is 4.34. The molecule has 2 rings (SSSR count). The van der Waals surface area contributed by atoms with Crippen LogP contribution in [0.2, 0.25) is 5.02 Å². The van der Waals surface area contributed by atoms with Crippen molar-refractivity contribution in [3.8, 4) is 16.9 Å². The summed E-state index contributed by atoms with van der Waals surface area (Å²) >= 11 is 5.78. The van der Waals surface area contributed by atoms with E-state index in [-0.39, 0.29) is 21.8 Å². The van der Waals surface area contributed by atoms with Crippen LogP contribution in [0.1, 0.15) is 0 Å². The van der Waals surface area contributed by atoms with E-state index < -0.39 is 17.9 Å². The van der Waals surface area contributed by atoms with Crippen LogP contribution in [0.15, 0.2) is 36.4 Å². The lowest BCUT2D eigenvalue weighted by Gasteiger charge is -2.11. The van der Waals surface area contributed by atoms with Crippen LogP contribution < -0.4 is 10.5 Å². The highest BCUT2D eigenvalue weighted by molar-refractivity contribution is 6.33. The lowest BCUT2D eigenvalue weighted by atomic mass is 10.0. The Morgan fingerprint density at radius 1 is 1.10 bits per heavy atom. The summed E-state index contributed by atoms with van der Waals surface area (Å²) in [5.41, 5.74) is 5.73. The van der Waals surface area contributed by atoms with Crippen LogP contribution in [0.25, 0.3) is 11.1 Å². The summed E-state index contributed by atoms with van der Waals surface area (Å²) in [6, 6.07) is 7.20. The summed E-state index contributed by atoms with van der Waals surface area (Å²) in [5.74, 6) is -1.13. The van der Waals surface area contributed by atoms with Crippen LogP contribution in [-0.4, -0.2) is 6.36 Å². The van der Waals surface area contributed by atoms with E-state index in [0.29, 0.717) is 0 Å². The molecule has 2 aromatic rings. The maximum absolute atomic E-state index is 13.8. The summed E-state index contributed by atoms with van der Waals surface area (Å²) < 4.78 is 54.0. The number of alkyl halides is 3. The molecule has 2 aromatic carbocycles. The summed E-state index contributed by atoms with van der Waals surface area (Å²) in [5, 5.41) is 0.114. The first-order valence-electron chi connectivity index (χ1n) is 5.37. The third-order valence-corrected chi connectivity index (χ3v) is 2.79. The number of ether oxygens (including phenoxy) is 1. The minimum Gasteiger partial charge on any atom is -0.406 e. The average Bonchev–Trinajstić information content (AvgIpc) is 2.32. The largest absolute Gasteiger partial charge is 0.573 e. The third kappa shape index (κ3) is 3.33. The van der Waals surface area contributed by atoms with Gasteiger partial charge in [0, 0.05) is 5.56 Å². The number of hydrogen-bond acceptors (Lipinski definition) is 2. The molecule has 7 heteroatoms. The highest BCUT2D eigenvalue weighted by Gasteiger charge is 2.31. The SMILES string of the molecule is Nc1cc(F)c(-c2cccc(OC(F)(F)F)c2)cc1Cl. The molecule has 0 saturated carbocycles. The molecule has 0 atom stereocenters. The first kappa shape index (κ1) is 14.5. The fourth-order valence-corrected chi connectivity index (χ4v) is 1.81. The van der Waals surface area contributed by atoms with Crippen molar-refractivity contribution in [1.82, 2.24) is 0 Å². The molecule has 0 heterocycles. The van der Waals surface area contributed by atoms with E-state index in [1.54, 1.807) is 0 Å². The monoisotopic (exact) mass is 305 g/mol. The molecule has 2 nitrogen and oxygen atoms in total. The van der Waals surface area contributed by atoms with Crippen LogP contribution in [0.4, 0.5) is 23.2 Å². The molecule has 0 bridgehead atoms. The van der Waals surface area contributed by atoms with Crippen LogP contribution in [0, 0.1) is 5.82 Å². The van der Waals surface area contributed by atoms with Crippen LogP contribution in [0.3, 0.4) is 0 Å². The maximum atomic E-state index is 13.8. The fraction of sp³-hybridized carbons (Fsp3) is 0.0769. The second-order valence-electron chi connectivity index (χ2n) is 3.93. The zero-order valence-corrected chi connectivity index (χ0v) is 10.6. The smallest absolute Gasteiger partial charge is 0.406 e. The second kappa shape index (κ2) is 5.20. The number of nitrogen functional groups attached to an aromatic ring is 1. The summed E-state index contributed by atoms with van der Waals surface area (Å²) in [6.45, 7) is 0. The van der Waals surface area contributed by atoms with Gasteiger partial charge in [-0.05, 0) is 29.8 Å². The van der Waals surface area contributed by atoms with E-state index in [2.05, 4.69) is 4.74 Å². The molecule has 0 unspecified atom stereocenters. The van der Waals surface area contributed by atoms with E-state index in [4.69, 9.17) is 17.3 Å². The Labute approximate surface area is 116 Å². The van der Waals surface area contributed by atoms with Gasteiger partial charge in [-0.3, -0.25) is 0 Å². The molecule has 0 aliphatic heterocycles. The topological polar surface area (TPSA) is 35.2 Å². The van der Waals surface area contributed by atoms with Gasteiger partial charge in [0.05, 0.1) is 10.7 Å². The van der Waals surface area contributed by atoms with E-state index in [9.17, 15) is 17.6 Å². The zero-order valence-electron chi connectivity index (χ0n) is 9.84. The van der Waals surface area contributed by atoms with Crippen molar-refractivity contribution in [2.24, 2.45) is 0 Å². The summed E-state index contributed by atoms with van der Waals surface area (Å²) in [7, 11) is 0. The van der Waals surface area contributed by atoms with Crippen molar-refractivity contribution in [2.75, 3.05) is 5.73 Å². The standard InChI is InChI=1S/C13H8ClF4NO/c14-10-5-9(11(15)6-12(10)19)7-2-1-3-8(4-7)20-13(16,17)18/h1-6H,19H2. The first-order chi connectivity index (χ1) is 9.26. The van der Waals surface area contributed by atoms with Crippen molar-refractivity contribution in [1.29, 1.82) is 0 Å². The molecular weight excluding hydrogens is 298 g/mol. The van der Waals surface area contributed by atoms with Gasteiger partial charge >= 0.3 is 6.36 Å². The number of nitrogens with two attached hydrogens (primary N) is 1. The molecule has 0 aromatic heterocycles. The number of benzene rings is 2. The molecule has 0 saturated heterocycles. The zero-order chi connectivity index (χ0) is 14.9. The molecule has 0 aliphatic carbocycles. The average molecular weight is 306 g/mol. The van der Waals surface area contributed by atoms with Gasteiger partial charge in [-0.15, -0.1) is 13.2 Å². The van der Waals surface area contributed by atoms with Crippen LogP contribution >= 0.6 is 11.6 Å². The van der Waals surface area contributed by atoms with E-state index in [1.807, 2.05) is 0 Å². The Bertz CT molecular complexity index is 643. The highest BCUT2D eigenvalue weighted by atomic mass is 35.5. The number of rotatable bonds is 2. The van der Waals surface area contributed by atoms with Gasteiger partial charge in [0.25, 0.3) is 0 Å². The van der Waals surface area contributed by atoms with Crippen molar-refractivity contribution in [3.63, 3.8) is 0 Å². The van der Waals surface area contributed by atoms with E-state index in [0.717, 1.165) is 18.2 Å². The number of anilines is 1. The summed E-state index contributed by atoms with van der Waals surface area (Å²) in [6.07, 6.45) is -4.81. The van der Waals surface area contributed by atoms with E-state index in [1.165, 1.54) is 18.2 Å². The summed E-state index contributed by atoms with van der Waals surface area (Å²) in [4.78, 5) is 0. The minimum atomic E-state index is -4.81. The van der Waals surface area contributed by atoms with Crippen LogP contribution in [-0.2, 0) is 0 Å². The Morgan fingerprint density at radius 2 is 1.80 bits per heavy atom. The van der Waals surface area contributed by atoms with Gasteiger partial charge in [-0.2, -0.15) is 0 Å². The van der Waals surface area contributed by atoms with Gasteiger partial charge < -0.3 is 10.5 Å². The normalized spacial score (nSPS) is 11.4. The van der Waals surface area contributed by atoms with Crippen molar-refractivity contribution >= 4 is 17.3 Å². The molecule has 0 aliphatic rings. The highest BCUT2D eigenvalue weighted by Crippen LogP contribution is 2.33. The molecule has 20 heavy (non-hydrogen) atoms. The quantitative estimate of drug-likeness (QED) is 0.648. The van der Waals surface area contributed by atoms with Crippen LogP contribution in [0.5, 0.6) is 5.75 Å². The van der Waals surface area contributed by atoms with Gasteiger partial charge in [-0.25, -0.2) is 4.39 Å². The van der Waals surface area contributed by atoms with E-state index >= 15 is 0 Å². The Kier molecular flexibility index (Phi) is 3.76. The third-order valence-electron chi connectivity index (χ3n) is 2.46. The lowest BCUT2D eigenvalue weighted by molar-refractivity contribution is -0.274. The Hall–Kier alpha value is -1.95. The predicted molar refractivity (Wildman–Crippen MR) is 67.9 cm³/mol. The molecule has 0 amide bonds. The maximum Gasteiger partial charge on any atom is 0.573 e. The Morgan fingerprint density at radius 3 is 2.45 bits per heavy atom.